The summed E-state index contributed by atoms with van der Waals surface area (Å²) in [6.07, 6.45) is 0.970. The predicted octanol–water partition coefficient (Wildman–Crippen LogP) is 1.75. The van der Waals surface area contributed by atoms with Crippen molar-refractivity contribution in [2.24, 2.45) is 5.73 Å². The third kappa shape index (κ3) is 2.06. The van der Waals surface area contributed by atoms with Gasteiger partial charge in [-0.3, -0.25) is 0 Å². The van der Waals surface area contributed by atoms with Gasteiger partial charge < -0.3 is 10.6 Å². The van der Waals surface area contributed by atoms with Gasteiger partial charge in [-0.15, -0.1) is 0 Å². The van der Waals surface area contributed by atoms with E-state index in [0.717, 1.165) is 25.2 Å². The van der Waals surface area contributed by atoms with Crippen LogP contribution in [0.4, 0.5) is 5.69 Å². The molecule has 15 heavy (non-hydrogen) atoms. The van der Waals surface area contributed by atoms with Gasteiger partial charge in [-0.25, -0.2) is 0 Å². The molecule has 2 rings (SSSR count). The molecule has 0 saturated carbocycles. The lowest BCUT2D eigenvalue weighted by molar-refractivity contribution is 0.752. The molecule has 1 fully saturated rings. The fourth-order valence-corrected chi connectivity index (χ4v) is 2.03. The number of halogens is 1. The Hall–Kier alpha value is -1.24. The summed E-state index contributed by atoms with van der Waals surface area (Å²) in [5, 5.41) is 9.64. The van der Waals surface area contributed by atoms with E-state index in [1.807, 2.05) is 6.07 Å². The van der Waals surface area contributed by atoms with Crippen molar-refractivity contribution in [1.82, 2.24) is 0 Å². The summed E-state index contributed by atoms with van der Waals surface area (Å²) < 4.78 is 0. The van der Waals surface area contributed by atoms with Gasteiger partial charge in [0, 0.05) is 24.2 Å². The highest BCUT2D eigenvalue weighted by Crippen LogP contribution is 2.27. The molecule has 1 atom stereocenters. The van der Waals surface area contributed by atoms with E-state index in [9.17, 15) is 0 Å². The summed E-state index contributed by atoms with van der Waals surface area (Å²) in [5.74, 6) is 0. The van der Waals surface area contributed by atoms with E-state index >= 15 is 0 Å². The highest BCUT2D eigenvalue weighted by Gasteiger charge is 2.21. The molecule has 2 N–H and O–H groups in total. The first-order valence-electron chi connectivity index (χ1n) is 4.91. The molecule has 0 unspecified atom stereocenters. The molecule has 4 heteroatoms. The summed E-state index contributed by atoms with van der Waals surface area (Å²) in [6.45, 7) is 1.70. The third-order valence-electron chi connectivity index (χ3n) is 2.65. The fourth-order valence-electron chi connectivity index (χ4n) is 1.87. The van der Waals surface area contributed by atoms with Crippen LogP contribution in [0.15, 0.2) is 18.2 Å². The molecule has 78 valence electrons. The zero-order valence-electron chi connectivity index (χ0n) is 8.28. The molecule has 0 aliphatic carbocycles. The van der Waals surface area contributed by atoms with Crippen LogP contribution in [0.5, 0.6) is 0 Å². The van der Waals surface area contributed by atoms with Gasteiger partial charge >= 0.3 is 0 Å². The summed E-state index contributed by atoms with van der Waals surface area (Å²) >= 11 is 5.92. The normalized spacial score (nSPS) is 20.3. The van der Waals surface area contributed by atoms with Gasteiger partial charge in [0.15, 0.2) is 0 Å². The minimum atomic E-state index is 0.204. The van der Waals surface area contributed by atoms with Gasteiger partial charge in [-0.2, -0.15) is 5.26 Å². The number of nitrogens with two attached hydrogens (primary N) is 1. The number of hydrogen-bond acceptors (Lipinski definition) is 3. The second-order valence-corrected chi connectivity index (χ2v) is 4.20. The van der Waals surface area contributed by atoms with Crippen molar-refractivity contribution >= 4 is 17.3 Å². The molecule has 0 bridgehead atoms. The van der Waals surface area contributed by atoms with Gasteiger partial charge in [0.05, 0.1) is 11.3 Å². The van der Waals surface area contributed by atoms with Crippen LogP contribution in [0.1, 0.15) is 12.0 Å². The van der Waals surface area contributed by atoms with Crippen LogP contribution >= 0.6 is 11.6 Å². The van der Waals surface area contributed by atoms with Crippen molar-refractivity contribution in [3.05, 3.63) is 28.8 Å². The first kappa shape index (κ1) is 10.3. The van der Waals surface area contributed by atoms with Crippen molar-refractivity contribution < 1.29 is 0 Å². The summed E-state index contributed by atoms with van der Waals surface area (Å²) in [6, 6.07) is 7.70. The molecule has 1 aromatic rings. The Kier molecular flexibility index (Phi) is 2.81. The van der Waals surface area contributed by atoms with Crippen molar-refractivity contribution in [3.63, 3.8) is 0 Å². The zero-order chi connectivity index (χ0) is 10.8. The lowest BCUT2D eigenvalue weighted by atomic mass is 10.2. The summed E-state index contributed by atoms with van der Waals surface area (Å²) in [5.41, 5.74) is 7.40. The Balaban J connectivity index is 2.34. The second-order valence-electron chi connectivity index (χ2n) is 3.77. The Morgan fingerprint density at radius 2 is 2.33 bits per heavy atom. The van der Waals surface area contributed by atoms with Crippen LogP contribution < -0.4 is 10.6 Å². The maximum absolute atomic E-state index is 8.98. The van der Waals surface area contributed by atoms with Crippen LogP contribution in [0.3, 0.4) is 0 Å². The van der Waals surface area contributed by atoms with Gasteiger partial charge in [0.1, 0.15) is 6.07 Å². The standard InChI is InChI=1S/C11H12ClN3/c12-9-2-1-8(6-13)11(5-9)15-4-3-10(14)7-15/h1-2,5,10H,3-4,7,14H2/t10-/m1/s1. The largest absolute Gasteiger partial charge is 0.369 e. The zero-order valence-corrected chi connectivity index (χ0v) is 9.04. The Labute approximate surface area is 94.0 Å². The molecule has 3 nitrogen and oxygen atoms in total. The Morgan fingerprint density at radius 1 is 1.53 bits per heavy atom. The average molecular weight is 222 g/mol. The molecule has 0 radical (unpaired) electrons. The highest BCUT2D eigenvalue weighted by molar-refractivity contribution is 6.30. The Morgan fingerprint density at radius 3 is 2.93 bits per heavy atom. The molecular formula is C11H12ClN3. The lowest BCUT2D eigenvalue weighted by Crippen LogP contribution is -2.26. The van der Waals surface area contributed by atoms with Crippen LogP contribution in [-0.4, -0.2) is 19.1 Å². The first-order chi connectivity index (χ1) is 7.20. The molecule has 0 spiro atoms. The Bertz CT molecular complexity index is 411. The van der Waals surface area contributed by atoms with Gasteiger partial charge in [-0.05, 0) is 24.6 Å². The monoisotopic (exact) mass is 221 g/mol. The van der Waals surface area contributed by atoms with Crippen molar-refractivity contribution in [2.45, 2.75) is 12.5 Å². The summed E-state index contributed by atoms with van der Waals surface area (Å²) in [4.78, 5) is 2.12. The van der Waals surface area contributed by atoms with E-state index in [0.29, 0.717) is 10.6 Å². The maximum atomic E-state index is 8.98. The van der Waals surface area contributed by atoms with E-state index in [1.165, 1.54) is 0 Å². The predicted molar refractivity (Wildman–Crippen MR) is 61.0 cm³/mol. The topological polar surface area (TPSA) is 53.0 Å². The number of nitrogens with zero attached hydrogens (tertiary/aromatic N) is 2. The number of benzene rings is 1. The smallest absolute Gasteiger partial charge is 0.101 e. The molecule has 1 aliphatic heterocycles. The molecule has 0 amide bonds. The number of anilines is 1. The van der Waals surface area contributed by atoms with E-state index in [1.54, 1.807) is 12.1 Å². The fraction of sp³-hybridized carbons (Fsp3) is 0.364. The van der Waals surface area contributed by atoms with Gasteiger partial charge in [0.25, 0.3) is 0 Å². The minimum absolute atomic E-state index is 0.204. The van der Waals surface area contributed by atoms with Crippen molar-refractivity contribution in [2.75, 3.05) is 18.0 Å². The molecule has 1 aromatic carbocycles. The van der Waals surface area contributed by atoms with E-state index in [-0.39, 0.29) is 6.04 Å². The lowest BCUT2D eigenvalue weighted by Gasteiger charge is -2.19. The van der Waals surface area contributed by atoms with Crippen molar-refractivity contribution in [1.29, 1.82) is 5.26 Å². The molecule has 1 aliphatic rings. The number of hydrogen-bond donors (Lipinski definition) is 1. The number of nitriles is 1. The quantitative estimate of drug-likeness (QED) is 0.786. The van der Waals surface area contributed by atoms with Crippen LogP contribution in [0, 0.1) is 11.3 Å². The van der Waals surface area contributed by atoms with E-state index in [4.69, 9.17) is 22.6 Å². The molecule has 1 saturated heterocycles. The van der Waals surface area contributed by atoms with Crippen LogP contribution in [0.25, 0.3) is 0 Å². The molecule has 1 heterocycles. The number of rotatable bonds is 1. The average Bonchev–Trinajstić information content (AvgIpc) is 2.65. The molecular weight excluding hydrogens is 210 g/mol. The van der Waals surface area contributed by atoms with E-state index in [2.05, 4.69) is 11.0 Å². The second kappa shape index (κ2) is 4.09. The summed E-state index contributed by atoms with van der Waals surface area (Å²) in [7, 11) is 0. The van der Waals surface area contributed by atoms with Gasteiger partial charge in [0.2, 0.25) is 0 Å². The van der Waals surface area contributed by atoms with Crippen LogP contribution in [0.2, 0.25) is 5.02 Å². The third-order valence-corrected chi connectivity index (χ3v) is 2.88. The van der Waals surface area contributed by atoms with Crippen LogP contribution in [-0.2, 0) is 0 Å². The van der Waals surface area contributed by atoms with Gasteiger partial charge in [-0.1, -0.05) is 11.6 Å². The first-order valence-corrected chi connectivity index (χ1v) is 5.28. The highest BCUT2D eigenvalue weighted by atomic mass is 35.5. The minimum Gasteiger partial charge on any atom is -0.369 e. The maximum Gasteiger partial charge on any atom is 0.101 e. The van der Waals surface area contributed by atoms with E-state index < -0.39 is 0 Å². The SMILES string of the molecule is N#Cc1ccc(Cl)cc1N1CC[C@@H](N)C1. The van der Waals surface area contributed by atoms with Crippen molar-refractivity contribution in [3.8, 4) is 6.07 Å². The molecule has 0 aromatic heterocycles.